The molecule has 5 nitrogen and oxygen atoms in total. The number of hydrogen-bond acceptors (Lipinski definition) is 3. The lowest BCUT2D eigenvalue weighted by molar-refractivity contribution is -0.116. The lowest BCUT2D eigenvalue weighted by atomic mass is 10.1. The van der Waals surface area contributed by atoms with Gasteiger partial charge in [0, 0.05) is 12.2 Å². The highest BCUT2D eigenvalue weighted by atomic mass is 32.2. The molecule has 6 heteroatoms. The molecule has 134 valence electrons. The predicted molar refractivity (Wildman–Crippen MR) is 101 cm³/mol. The van der Waals surface area contributed by atoms with Crippen LogP contribution in [0.25, 0.3) is 0 Å². The highest BCUT2D eigenvalue weighted by Gasteiger charge is 2.21. The molecule has 2 rings (SSSR count). The molecule has 0 bridgehead atoms. The highest BCUT2D eigenvalue weighted by Crippen LogP contribution is 2.19. The topological polar surface area (TPSA) is 66.5 Å². The molecule has 1 amide bonds. The molecule has 1 N–H and O–H groups in total. The van der Waals surface area contributed by atoms with Gasteiger partial charge < -0.3 is 5.32 Å². The van der Waals surface area contributed by atoms with Crippen molar-refractivity contribution in [2.45, 2.75) is 27.3 Å². The van der Waals surface area contributed by atoms with Gasteiger partial charge in [-0.2, -0.15) is 4.31 Å². The van der Waals surface area contributed by atoms with Gasteiger partial charge in [0.2, 0.25) is 15.9 Å². The Labute approximate surface area is 149 Å². The SMILES string of the molecule is Cc1cccc(CN(CC(=O)Nc2c(C)cccc2C)S(C)(=O)=O)c1. The quantitative estimate of drug-likeness (QED) is 0.861. The van der Waals surface area contributed by atoms with E-state index in [9.17, 15) is 13.2 Å². The number of carbonyl (C=O) groups excluding carboxylic acids is 1. The number of nitrogens with one attached hydrogen (secondary N) is 1. The predicted octanol–water partition coefficient (Wildman–Crippen LogP) is 3.01. The Kier molecular flexibility index (Phi) is 5.98. The van der Waals surface area contributed by atoms with Crippen LogP contribution in [0.5, 0.6) is 0 Å². The van der Waals surface area contributed by atoms with Crippen LogP contribution in [0, 0.1) is 20.8 Å². The third-order valence-corrected chi connectivity index (χ3v) is 5.17. The summed E-state index contributed by atoms with van der Waals surface area (Å²) in [6, 6.07) is 13.3. The van der Waals surface area contributed by atoms with Crippen molar-refractivity contribution in [2.24, 2.45) is 0 Å². The molecule has 0 atom stereocenters. The van der Waals surface area contributed by atoms with Crippen LogP contribution in [0.2, 0.25) is 0 Å². The normalized spacial score (nSPS) is 11.6. The van der Waals surface area contributed by atoms with Crippen molar-refractivity contribution in [3.63, 3.8) is 0 Å². The van der Waals surface area contributed by atoms with E-state index < -0.39 is 10.0 Å². The van der Waals surface area contributed by atoms with Gasteiger partial charge in [-0.05, 0) is 37.5 Å². The van der Waals surface area contributed by atoms with Crippen LogP contribution < -0.4 is 5.32 Å². The zero-order valence-corrected chi connectivity index (χ0v) is 15.9. The number of carbonyl (C=O) groups is 1. The first-order valence-electron chi connectivity index (χ1n) is 8.03. The minimum atomic E-state index is -3.51. The molecular weight excluding hydrogens is 336 g/mol. The molecule has 0 aliphatic carbocycles. The summed E-state index contributed by atoms with van der Waals surface area (Å²) in [6.07, 6.45) is 1.12. The summed E-state index contributed by atoms with van der Waals surface area (Å²) in [6.45, 7) is 5.70. The number of aryl methyl sites for hydroxylation is 3. The van der Waals surface area contributed by atoms with Crippen molar-refractivity contribution in [3.8, 4) is 0 Å². The molecule has 0 heterocycles. The molecule has 0 aromatic heterocycles. The van der Waals surface area contributed by atoms with Crippen LogP contribution in [-0.4, -0.2) is 31.4 Å². The lowest BCUT2D eigenvalue weighted by Gasteiger charge is -2.20. The molecule has 0 saturated carbocycles. The summed E-state index contributed by atoms with van der Waals surface area (Å²) < 4.78 is 25.4. The monoisotopic (exact) mass is 360 g/mol. The third kappa shape index (κ3) is 5.41. The Morgan fingerprint density at radius 1 is 1.04 bits per heavy atom. The summed E-state index contributed by atoms with van der Waals surface area (Å²) in [4.78, 5) is 12.4. The van der Waals surface area contributed by atoms with Crippen molar-refractivity contribution in [1.29, 1.82) is 0 Å². The fourth-order valence-electron chi connectivity index (χ4n) is 2.66. The molecule has 0 saturated heterocycles. The number of nitrogens with zero attached hydrogens (tertiary/aromatic N) is 1. The van der Waals surface area contributed by atoms with Gasteiger partial charge in [0.15, 0.2) is 0 Å². The summed E-state index contributed by atoms with van der Waals surface area (Å²) in [5.41, 5.74) is 4.52. The second kappa shape index (κ2) is 7.80. The van der Waals surface area contributed by atoms with E-state index in [1.165, 1.54) is 4.31 Å². The lowest BCUT2D eigenvalue weighted by Crippen LogP contribution is -2.37. The maximum Gasteiger partial charge on any atom is 0.239 e. The molecule has 2 aromatic rings. The largest absolute Gasteiger partial charge is 0.324 e. The van der Waals surface area contributed by atoms with Crippen LogP contribution in [0.4, 0.5) is 5.69 Å². The van der Waals surface area contributed by atoms with Gasteiger partial charge in [0.1, 0.15) is 0 Å². The van der Waals surface area contributed by atoms with Crippen molar-refractivity contribution >= 4 is 21.6 Å². The fourth-order valence-corrected chi connectivity index (χ4v) is 3.39. The van der Waals surface area contributed by atoms with E-state index in [-0.39, 0.29) is 19.0 Å². The van der Waals surface area contributed by atoms with E-state index >= 15 is 0 Å². The molecule has 0 spiro atoms. The van der Waals surface area contributed by atoms with Gasteiger partial charge in [0.25, 0.3) is 0 Å². The molecule has 0 fully saturated rings. The van der Waals surface area contributed by atoms with Crippen molar-refractivity contribution in [3.05, 3.63) is 64.7 Å². The maximum absolute atomic E-state index is 12.4. The maximum atomic E-state index is 12.4. The first-order valence-corrected chi connectivity index (χ1v) is 9.88. The number of para-hydroxylation sites is 1. The Balaban J connectivity index is 2.16. The summed E-state index contributed by atoms with van der Waals surface area (Å²) in [5.74, 6) is -0.351. The van der Waals surface area contributed by atoms with Crippen molar-refractivity contribution in [1.82, 2.24) is 4.31 Å². The third-order valence-electron chi connectivity index (χ3n) is 3.98. The van der Waals surface area contributed by atoms with E-state index in [2.05, 4.69) is 5.32 Å². The van der Waals surface area contributed by atoms with Crippen molar-refractivity contribution in [2.75, 3.05) is 18.1 Å². The number of benzene rings is 2. The zero-order valence-electron chi connectivity index (χ0n) is 15.0. The van der Waals surface area contributed by atoms with Crippen LogP contribution >= 0.6 is 0 Å². The zero-order chi connectivity index (χ0) is 18.6. The molecule has 0 radical (unpaired) electrons. The average molecular weight is 360 g/mol. The van der Waals surface area contributed by atoms with Gasteiger partial charge in [-0.1, -0.05) is 48.0 Å². The van der Waals surface area contributed by atoms with Crippen LogP contribution in [0.3, 0.4) is 0 Å². The summed E-state index contributed by atoms with van der Waals surface area (Å²) >= 11 is 0. The summed E-state index contributed by atoms with van der Waals surface area (Å²) in [7, 11) is -3.51. The first kappa shape index (κ1) is 19.1. The average Bonchev–Trinajstić information content (AvgIpc) is 2.49. The fraction of sp³-hybridized carbons (Fsp3) is 0.316. The van der Waals surface area contributed by atoms with Gasteiger partial charge in [-0.3, -0.25) is 4.79 Å². The van der Waals surface area contributed by atoms with E-state index in [0.29, 0.717) is 0 Å². The van der Waals surface area contributed by atoms with E-state index in [1.807, 2.05) is 63.2 Å². The molecule has 0 unspecified atom stereocenters. The number of rotatable bonds is 6. The second-order valence-corrected chi connectivity index (χ2v) is 8.32. The molecule has 0 aliphatic heterocycles. The van der Waals surface area contributed by atoms with Crippen LogP contribution in [0.15, 0.2) is 42.5 Å². The highest BCUT2D eigenvalue weighted by molar-refractivity contribution is 7.88. The Morgan fingerprint density at radius 3 is 2.20 bits per heavy atom. The number of anilines is 1. The number of amides is 1. The standard InChI is InChI=1S/C19H24N2O3S/c1-14-7-5-10-17(11-14)12-21(25(4,23)24)13-18(22)20-19-15(2)8-6-9-16(19)3/h5-11H,12-13H2,1-4H3,(H,20,22). The van der Waals surface area contributed by atoms with E-state index in [4.69, 9.17) is 0 Å². The smallest absolute Gasteiger partial charge is 0.239 e. The Bertz CT molecular complexity index is 856. The van der Waals surface area contributed by atoms with E-state index in [0.717, 1.165) is 34.2 Å². The van der Waals surface area contributed by atoms with Gasteiger partial charge in [0.05, 0.1) is 12.8 Å². The number of hydrogen-bond donors (Lipinski definition) is 1. The van der Waals surface area contributed by atoms with Gasteiger partial charge >= 0.3 is 0 Å². The van der Waals surface area contributed by atoms with Gasteiger partial charge in [-0.25, -0.2) is 8.42 Å². The van der Waals surface area contributed by atoms with Gasteiger partial charge in [-0.15, -0.1) is 0 Å². The molecular formula is C19H24N2O3S. The first-order chi connectivity index (χ1) is 11.7. The second-order valence-electron chi connectivity index (χ2n) is 6.34. The minimum Gasteiger partial charge on any atom is -0.324 e. The summed E-state index contributed by atoms with van der Waals surface area (Å²) in [5, 5.41) is 2.83. The molecule has 25 heavy (non-hydrogen) atoms. The molecule has 2 aromatic carbocycles. The Morgan fingerprint density at radius 2 is 1.64 bits per heavy atom. The minimum absolute atomic E-state index is 0.167. The number of sulfonamides is 1. The van der Waals surface area contributed by atoms with Crippen LogP contribution in [-0.2, 0) is 21.4 Å². The Hall–Kier alpha value is -2.18. The molecule has 0 aliphatic rings. The van der Waals surface area contributed by atoms with Crippen LogP contribution in [0.1, 0.15) is 22.3 Å². The van der Waals surface area contributed by atoms with Crippen molar-refractivity contribution < 1.29 is 13.2 Å². The van der Waals surface area contributed by atoms with E-state index in [1.54, 1.807) is 0 Å².